The highest BCUT2D eigenvalue weighted by atomic mass is 16.6. The van der Waals surface area contributed by atoms with Crippen molar-refractivity contribution in [1.29, 1.82) is 0 Å². The van der Waals surface area contributed by atoms with Crippen LogP contribution in [0.5, 0.6) is 11.5 Å². The molecule has 0 saturated carbocycles. The first-order valence-corrected chi connectivity index (χ1v) is 6.27. The van der Waals surface area contributed by atoms with Crippen LogP contribution in [0.1, 0.15) is 40.0 Å². The maximum atomic E-state index is 11.0. The van der Waals surface area contributed by atoms with Gasteiger partial charge in [-0.15, -0.1) is 0 Å². The lowest BCUT2D eigenvalue weighted by Crippen LogP contribution is -2.04. The van der Waals surface area contributed by atoms with Gasteiger partial charge in [-0.25, -0.2) is 0 Å². The molecule has 0 fully saturated rings. The number of allylic oxidation sites excluding steroid dienone is 2. The normalized spacial score (nSPS) is 11.2. The molecule has 0 aliphatic carbocycles. The van der Waals surface area contributed by atoms with Crippen molar-refractivity contribution in [2.24, 2.45) is 0 Å². The predicted octanol–water partition coefficient (Wildman–Crippen LogP) is 4.08. The predicted molar refractivity (Wildman–Crippen MR) is 71.7 cm³/mol. The second-order valence-corrected chi connectivity index (χ2v) is 4.00. The molecule has 1 rings (SSSR count). The third kappa shape index (κ3) is 4.62. The molecule has 1 aromatic rings. The van der Waals surface area contributed by atoms with E-state index in [1.165, 1.54) is 6.92 Å². The number of para-hydroxylation sites is 2. The summed E-state index contributed by atoms with van der Waals surface area (Å²) in [6.07, 6.45) is 5.03. The number of hydrogen-bond donors (Lipinski definition) is 0. The smallest absolute Gasteiger partial charge is 0.308 e. The molecule has 0 atom stereocenters. The van der Waals surface area contributed by atoms with Crippen LogP contribution in [0.25, 0.3) is 0 Å². The zero-order valence-electron chi connectivity index (χ0n) is 11.2. The molecule has 18 heavy (non-hydrogen) atoms. The summed E-state index contributed by atoms with van der Waals surface area (Å²) in [7, 11) is 0. The van der Waals surface area contributed by atoms with Gasteiger partial charge < -0.3 is 9.47 Å². The maximum Gasteiger partial charge on any atom is 0.308 e. The molecule has 1 aromatic carbocycles. The first kappa shape index (κ1) is 14.3. The van der Waals surface area contributed by atoms with E-state index in [1.807, 2.05) is 25.1 Å². The van der Waals surface area contributed by atoms with Crippen LogP contribution in [-0.2, 0) is 4.79 Å². The van der Waals surface area contributed by atoms with Gasteiger partial charge in [-0.2, -0.15) is 0 Å². The van der Waals surface area contributed by atoms with Crippen LogP contribution < -0.4 is 9.47 Å². The van der Waals surface area contributed by atoms with Crippen molar-refractivity contribution in [3.8, 4) is 11.5 Å². The number of benzene rings is 1. The van der Waals surface area contributed by atoms with Crippen LogP contribution >= 0.6 is 0 Å². The van der Waals surface area contributed by atoms with Gasteiger partial charge in [-0.3, -0.25) is 4.79 Å². The Balaban J connectivity index is 2.79. The number of carbonyl (C=O) groups is 1. The van der Waals surface area contributed by atoms with E-state index in [4.69, 9.17) is 9.47 Å². The summed E-state index contributed by atoms with van der Waals surface area (Å²) in [5.41, 5.74) is 0. The molecule has 0 amide bonds. The molecule has 3 nitrogen and oxygen atoms in total. The quantitative estimate of drug-likeness (QED) is 0.432. The molecule has 0 heterocycles. The molecule has 0 aliphatic heterocycles. The van der Waals surface area contributed by atoms with E-state index in [9.17, 15) is 4.79 Å². The Hall–Kier alpha value is -1.77. The Labute approximate surface area is 108 Å². The van der Waals surface area contributed by atoms with Crippen LogP contribution in [0.4, 0.5) is 0 Å². The second kappa shape index (κ2) is 7.54. The Kier molecular flexibility index (Phi) is 5.98. The fourth-order valence-corrected chi connectivity index (χ4v) is 1.52. The standard InChI is InChI=1S/C15H20O3/c1-4-6-9-13(5-2)18-15-11-8-7-10-14(15)17-12(3)16/h5,7-8,10-11H,4,6,9H2,1-3H3/b13-5+. The first-order valence-electron chi connectivity index (χ1n) is 6.27. The molecular weight excluding hydrogens is 228 g/mol. The molecule has 0 bridgehead atoms. The van der Waals surface area contributed by atoms with Gasteiger partial charge >= 0.3 is 5.97 Å². The number of unbranched alkanes of at least 4 members (excludes halogenated alkanes) is 1. The summed E-state index contributed by atoms with van der Waals surface area (Å²) in [5, 5.41) is 0. The highest BCUT2D eigenvalue weighted by Gasteiger charge is 2.08. The zero-order chi connectivity index (χ0) is 13.4. The number of hydrogen-bond acceptors (Lipinski definition) is 3. The third-order valence-corrected chi connectivity index (χ3v) is 2.44. The summed E-state index contributed by atoms with van der Waals surface area (Å²) < 4.78 is 10.9. The summed E-state index contributed by atoms with van der Waals surface area (Å²) in [6.45, 7) is 5.46. The van der Waals surface area contributed by atoms with Gasteiger partial charge in [0.05, 0.1) is 0 Å². The Morgan fingerprint density at radius 3 is 2.33 bits per heavy atom. The summed E-state index contributed by atoms with van der Waals surface area (Å²) in [6, 6.07) is 7.19. The molecule has 0 saturated heterocycles. The Morgan fingerprint density at radius 2 is 1.83 bits per heavy atom. The average molecular weight is 248 g/mol. The van der Waals surface area contributed by atoms with Crippen molar-refractivity contribution >= 4 is 5.97 Å². The Bertz CT molecular complexity index is 422. The van der Waals surface area contributed by atoms with Crippen molar-refractivity contribution in [3.63, 3.8) is 0 Å². The van der Waals surface area contributed by atoms with Gasteiger partial charge in [0.2, 0.25) is 0 Å². The minimum Gasteiger partial charge on any atom is -0.458 e. The molecule has 0 radical (unpaired) electrons. The van der Waals surface area contributed by atoms with Crippen LogP contribution in [-0.4, -0.2) is 5.97 Å². The third-order valence-electron chi connectivity index (χ3n) is 2.44. The van der Waals surface area contributed by atoms with E-state index < -0.39 is 0 Å². The van der Waals surface area contributed by atoms with Gasteiger partial charge in [0.15, 0.2) is 11.5 Å². The lowest BCUT2D eigenvalue weighted by atomic mass is 10.2. The summed E-state index contributed by atoms with van der Waals surface area (Å²) in [4.78, 5) is 11.0. The largest absolute Gasteiger partial charge is 0.458 e. The average Bonchev–Trinajstić information content (AvgIpc) is 2.35. The van der Waals surface area contributed by atoms with E-state index in [2.05, 4.69) is 6.92 Å². The van der Waals surface area contributed by atoms with Gasteiger partial charge in [0.1, 0.15) is 5.76 Å². The minimum absolute atomic E-state index is 0.346. The lowest BCUT2D eigenvalue weighted by molar-refractivity contribution is -0.132. The van der Waals surface area contributed by atoms with Gasteiger partial charge in [0.25, 0.3) is 0 Å². The Morgan fingerprint density at radius 1 is 1.22 bits per heavy atom. The number of ether oxygens (including phenoxy) is 2. The molecule has 0 spiro atoms. The molecule has 0 aliphatic rings. The van der Waals surface area contributed by atoms with Crippen molar-refractivity contribution in [1.82, 2.24) is 0 Å². The molecule has 0 unspecified atom stereocenters. The first-order chi connectivity index (χ1) is 8.67. The summed E-state index contributed by atoms with van der Waals surface area (Å²) in [5.74, 6) is 1.59. The zero-order valence-corrected chi connectivity index (χ0v) is 11.2. The number of carbonyl (C=O) groups excluding carboxylic acids is 1. The fraction of sp³-hybridized carbons (Fsp3) is 0.400. The minimum atomic E-state index is -0.346. The van der Waals surface area contributed by atoms with Crippen LogP contribution in [0.15, 0.2) is 36.1 Å². The topological polar surface area (TPSA) is 35.5 Å². The molecule has 0 aromatic heterocycles. The maximum absolute atomic E-state index is 11.0. The van der Waals surface area contributed by atoms with Crippen molar-refractivity contribution in [2.75, 3.05) is 0 Å². The van der Waals surface area contributed by atoms with Crippen LogP contribution in [0, 0.1) is 0 Å². The molecular formula is C15H20O3. The van der Waals surface area contributed by atoms with Crippen molar-refractivity contribution < 1.29 is 14.3 Å². The van der Waals surface area contributed by atoms with E-state index in [0.29, 0.717) is 11.5 Å². The SMILES string of the molecule is C/C=C(\CCCC)Oc1ccccc1OC(C)=O. The van der Waals surface area contributed by atoms with Crippen molar-refractivity contribution in [3.05, 3.63) is 36.1 Å². The fourth-order valence-electron chi connectivity index (χ4n) is 1.52. The highest BCUT2D eigenvalue weighted by molar-refractivity contribution is 5.70. The monoisotopic (exact) mass is 248 g/mol. The molecule has 98 valence electrons. The second-order valence-electron chi connectivity index (χ2n) is 4.00. The van der Waals surface area contributed by atoms with E-state index in [-0.39, 0.29) is 5.97 Å². The molecule has 3 heteroatoms. The van der Waals surface area contributed by atoms with Gasteiger partial charge in [-0.05, 0) is 31.6 Å². The lowest BCUT2D eigenvalue weighted by Gasteiger charge is -2.12. The summed E-state index contributed by atoms with van der Waals surface area (Å²) >= 11 is 0. The van der Waals surface area contributed by atoms with E-state index in [1.54, 1.807) is 12.1 Å². The van der Waals surface area contributed by atoms with Crippen LogP contribution in [0.3, 0.4) is 0 Å². The molecule has 0 N–H and O–H groups in total. The van der Waals surface area contributed by atoms with E-state index >= 15 is 0 Å². The van der Waals surface area contributed by atoms with Crippen LogP contribution in [0.2, 0.25) is 0 Å². The van der Waals surface area contributed by atoms with Crippen molar-refractivity contribution in [2.45, 2.75) is 40.0 Å². The van der Waals surface area contributed by atoms with Gasteiger partial charge in [-0.1, -0.05) is 25.5 Å². The number of rotatable bonds is 6. The number of esters is 1. The van der Waals surface area contributed by atoms with Gasteiger partial charge in [0, 0.05) is 13.3 Å². The van der Waals surface area contributed by atoms with E-state index in [0.717, 1.165) is 25.0 Å². The highest BCUT2D eigenvalue weighted by Crippen LogP contribution is 2.29.